The quantitative estimate of drug-likeness (QED) is 0.876. The second-order valence-corrected chi connectivity index (χ2v) is 5.59. The smallest absolute Gasteiger partial charge is 0.161 e. The molecule has 0 spiro atoms. The Morgan fingerprint density at radius 3 is 2.57 bits per heavy atom. The molecule has 0 aliphatic heterocycles. The second kappa shape index (κ2) is 6.91. The molecule has 0 amide bonds. The SMILES string of the molecule is COc1cc(C(C)N)ccc1OCc1ccc(F)c(Br)c1. The van der Waals surface area contributed by atoms with Crippen molar-refractivity contribution in [3.8, 4) is 11.5 Å². The molecule has 2 aromatic rings. The fourth-order valence-corrected chi connectivity index (χ4v) is 2.30. The summed E-state index contributed by atoms with van der Waals surface area (Å²) in [5, 5.41) is 0. The molecule has 0 aliphatic rings. The van der Waals surface area contributed by atoms with Crippen molar-refractivity contribution in [2.45, 2.75) is 19.6 Å². The van der Waals surface area contributed by atoms with Crippen molar-refractivity contribution in [3.63, 3.8) is 0 Å². The summed E-state index contributed by atoms with van der Waals surface area (Å²) >= 11 is 3.16. The number of hydrogen-bond donors (Lipinski definition) is 1. The van der Waals surface area contributed by atoms with Crippen molar-refractivity contribution in [1.82, 2.24) is 0 Å². The molecule has 5 heteroatoms. The average molecular weight is 354 g/mol. The minimum atomic E-state index is -0.294. The maximum atomic E-state index is 13.2. The van der Waals surface area contributed by atoms with Crippen LogP contribution in [0, 0.1) is 5.82 Å². The van der Waals surface area contributed by atoms with Crippen LogP contribution in [-0.4, -0.2) is 7.11 Å². The van der Waals surface area contributed by atoms with Crippen LogP contribution in [0.25, 0.3) is 0 Å². The van der Waals surface area contributed by atoms with E-state index < -0.39 is 0 Å². The summed E-state index contributed by atoms with van der Waals surface area (Å²) in [6, 6.07) is 10.3. The van der Waals surface area contributed by atoms with Gasteiger partial charge in [0, 0.05) is 6.04 Å². The summed E-state index contributed by atoms with van der Waals surface area (Å²) < 4.78 is 24.7. The molecule has 2 rings (SSSR count). The highest BCUT2D eigenvalue weighted by atomic mass is 79.9. The van der Waals surface area contributed by atoms with Gasteiger partial charge < -0.3 is 15.2 Å². The molecule has 0 saturated heterocycles. The lowest BCUT2D eigenvalue weighted by molar-refractivity contribution is 0.284. The Hall–Kier alpha value is -1.59. The molecule has 1 unspecified atom stereocenters. The molecule has 0 radical (unpaired) electrons. The first-order chi connectivity index (χ1) is 10.0. The zero-order valence-corrected chi connectivity index (χ0v) is 13.5. The molecular formula is C16H17BrFNO2. The van der Waals surface area contributed by atoms with E-state index in [2.05, 4.69) is 15.9 Å². The zero-order chi connectivity index (χ0) is 15.4. The first kappa shape index (κ1) is 15.8. The van der Waals surface area contributed by atoms with E-state index in [1.165, 1.54) is 6.07 Å². The maximum absolute atomic E-state index is 13.2. The fraction of sp³-hybridized carbons (Fsp3) is 0.250. The van der Waals surface area contributed by atoms with Crippen LogP contribution in [0.2, 0.25) is 0 Å². The number of ether oxygens (including phenoxy) is 2. The molecule has 3 nitrogen and oxygen atoms in total. The van der Waals surface area contributed by atoms with Crippen LogP contribution in [-0.2, 0) is 6.61 Å². The van der Waals surface area contributed by atoms with Gasteiger partial charge in [0.1, 0.15) is 12.4 Å². The minimum Gasteiger partial charge on any atom is -0.493 e. The Labute approximate surface area is 132 Å². The van der Waals surface area contributed by atoms with E-state index >= 15 is 0 Å². The van der Waals surface area contributed by atoms with Crippen LogP contribution < -0.4 is 15.2 Å². The van der Waals surface area contributed by atoms with Crippen molar-refractivity contribution in [1.29, 1.82) is 0 Å². The predicted molar refractivity (Wildman–Crippen MR) is 84.0 cm³/mol. The predicted octanol–water partition coefficient (Wildman–Crippen LogP) is 4.20. The van der Waals surface area contributed by atoms with Gasteiger partial charge in [0.2, 0.25) is 0 Å². The van der Waals surface area contributed by atoms with Crippen molar-refractivity contribution in [2.75, 3.05) is 7.11 Å². The number of benzene rings is 2. The second-order valence-electron chi connectivity index (χ2n) is 4.74. The highest BCUT2D eigenvalue weighted by Gasteiger charge is 2.09. The third-order valence-electron chi connectivity index (χ3n) is 3.09. The molecule has 0 aliphatic carbocycles. The molecule has 21 heavy (non-hydrogen) atoms. The first-order valence-corrected chi connectivity index (χ1v) is 7.31. The molecule has 0 bridgehead atoms. The molecule has 2 aromatic carbocycles. The highest BCUT2D eigenvalue weighted by Crippen LogP contribution is 2.30. The molecule has 112 valence electrons. The fourth-order valence-electron chi connectivity index (χ4n) is 1.88. The Morgan fingerprint density at radius 1 is 1.19 bits per heavy atom. The van der Waals surface area contributed by atoms with Gasteiger partial charge in [-0.15, -0.1) is 0 Å². The minimum absolute atomic E-state index is 0.0685. The summed E-state index contributed by atoms with van der Waals surface area (Å²) in [4.78, 5) is 0. The monoisotopic (exact) mass is 353 g/mol. The van der Waals surface area contributed by atoms with Crippen molar-refractivity contribution >= 4 is 15.9 Å². The summed E-state index contributed by atoms with van der Waals surface area (Å²) in [6.07, 6.45) is 0. The Morgan fingerprint density at radius 2 is 1.95 bits per heavy atom. The van der Waals surface area contributed by atoms with Crippen LogP contribution >= 0.6 is 15.9 Å². The van der Waals surface area contributed by atoms with E-state index in [9.17, 15) is 4.39 Å². The van der Waals surface area contributed by atoms with E-state index in [-0.39, 0.29) is 11.9 Å². The lowest BCUT2D eigenvalue weighted by Gasteiger charge is -2.14. The summed E-state index contributed by atoms with van der Waals surface area (Å²) in [5.74, 6) is 0.964. The van der Waals surface area contributed by atoms with Crippen LogP contribution in [0.4, 0.5) is 4.39 Å². The average Bonchev–Trinajstić information content (AvgIpc) is 2.48. The summed E-state index contributed by atoms with van der Waals surface area (Å²) in [5.41, 5.74) is 7.68. The van der Waals surface area contributed by atoms with Gasteiger partial charge in [-0.05, 0) is 58.2 Å². The topological polar surface area (TPSA) is 44.5 Å². The maximum Gasteiger partial charge on any atom is 0.161 e. The van der Waals surface area contributed by atoms with E-state index in [0.717, 1.165) is 11.1 Å². The third-order valence-corrected chi connectivity index (χ3v) is 3.70. The summed E-state index contributed by atoms with van der Waals surface area (Å²) in [6.45, 7) is 2.23. The van der Waals surface area contributed by atoms with Crippen molar-refractivity contribution < 1.29 is 13.9 Å². The van der Waals surface area contributed by atoms with Crippen LogP contribution in [0.15, 0.2) is 40.9 Å². The number of halogens is 2. The van der Waals surface area contributed by atoms with E-state index in [1.807, 2.05) is 25.1 Å². The molecule has 1 atom stereocenters. The molecule has 0 saturated carbocycles. The highest BCUT2D eigenvalue weighted by molar-refractivity contribution is 9.10. The standard InChI is InChI=1S/C16H17BrFNO2/c1-10(19)12-4-6-15(16(8-12)20-2)21-9-11-3-5-14(18)13(17)7-11/h3-8,10H,9,19H2,1-2H3. The normalized spacial score (nSPS) is 12.0. The van der Waals surface area contributed by atoms with Crippen LogP contribution in [0.3, 0.4) is 0 Å². The van der Waals surface area contributed by atoms with Gasteiger partial charge in [0.15, 0.2) is 11.5 Å². The molecular weight excluding hydrogens is 337 g/mol. The van der Waals surface area contributed by atoms with Crippen LogP contribution in [0.5, 0.6) is 11.5 Å². The molecule has 0 heterocycles. The number of rotatable bonds is 5. The number of hydrogen-bond acceptors (Lipinski definition) is 3. The lowest BCUT2D eigenvalue weighted by Crippen LogP contribution is -2.05. The third kappa shape index (κ3) is 3.95. The van der Waals surface area contributed by atoms with Gasteiger partial charge in [0.25, 0.3) is 0 Å². The molecule has 0 aromatic heterocycles. The van der Waals surface area contributed by atoms with Gasteiger partial charge in [-0.3, -0.25) is 0 Å². The van der Waals surface area contributed by atoms with Gasteiger partial charge >= 0.3 is 0 Å². The molecule has 2 N–H and O–H groups in total. The van der Waals surface area contributed by atoms with Gasteiger partial charge in [-0.1, -0.05) is 12.1 Å². The van der Waals surface area contributed by atoms with E-state index in [1.54, 1.807) is 19.2 Å². The Kier molecular flexibility index (Phi) is 5.20. The largest absolute Gasteiger partial charge is 0.493 e. The Bertz CT molecular complexity index is 632. The van der Waals surface area contributed by atoms with Gasteiger partial charge in [0.05, 0.1) is 11.6 Å². The van der Waals surface area contributed by atoms with Crippen molar-refractivity contribution in [3.05, 3.63) is 57.8 Å². The van der Waals surface area contributed by atoms with Gasteiger partial charge in [-0.25, -0.2) is 4.39 Å². The zero-order valence-electron chi connectivity index (χ0n) is 11.9. The van der Waals surface area contributed by atoms with E-state index in [4.69, 9.17) is 15.2 Å². The Balaban J connectivity index is 2.13. The number of nitrogens with two attached hydrogens (primary N) is 1. The summed E-state index contributed by atoms with van der Waals surface area (Å²) in [7, 11) is 1.58. The van der Waals surface area contributed by atoms with Crippen LogP contribution in [0.1, 0.15) is 24.1 Å². The lowest BCUT2D eigenvalue weighted by atomic mass is 10.1. The van der Waals surface area contributed by atoms with E-state index in [0.29, 0.717) is 22.6 Å². The molecule has 0 fully saturated rings. The number of methoxy groups -OCH3 is 1. The van der Waals surface area contributed by atoms with Gasteiger partial charge in [-0.2, -0.15) is 0 Å². The first-order valence-electron chi connectivity index (χ1n) is 6.51. The van der Waals surface area contributed by atoms with Crippen molar-refractivity contribution in [2.24, 2.45) is 5.73 Å².